The highest BCUT2D eigenvalue weighted by atomic mass is 35.5. The van der Waals surface area contributed by atoms with Crippen molar-refractivity contribution < 1.29 is 13.6 Å². The van der Waals surface area contributed by atoms with E-state index in [0.29, 0.717) is 17.1 Å². The van der Waals surface area contributed by atoms with Gasteiger partial charge in [0.15, 0.2) is 11.6 Å². The summed E-state index contributed by atoms with van der Waals surface area (Å²) in [5.74, 6) is -1.44. The molecule has 0 radical (unpaired) electrons. The van der Waals surface area contributed by atoms with E-state index in [0.717, 1.165) is 40.6 Å². The number of hydrogen-bond donors (Lipinski definition) is 0. The molecule has 1 saturated heterocycles. The lowest BCUT2D eigenvalue weighted by Crippen LogP contribution is -2.32. The largest absolute Gasteiger partial charge is 0.338 e. The van der Waals surface area contributed by atoms with Crippen LogP contribution in [0.1, 0.15) is 46.9 Å². The van der Waals surface area contributed by atoms with Crippen LogP contribution in [0.2, 0.25) is 10.0 Å². The molecule has 4 atom stereocenters. The van der Waals surface area contributed by atoms with Crippen LogP contribution in [0.5, 0.6) is 0 Å². The maximum absolute atomic E-state index is 13.8. The second kappa shape index (κ2) is 9.31. The minimum Gasteiger partial charge on any atom is -0.338 e. The smallest absolute Gasteiger partial charge is 0.226 e. The first kappa shape index (κ1) is 23.3. The van der Waals surface area contributed by atoms with Gasteiger partial charge in [-0.2, -0.15) is 0 Å². The molecule has 1 amide bonds. The molecule has 176 valence electrons. The van der Waals surface area contributed by atoms with E-state index in [1.54, 1.807) is 11.0 Å². The molecule has 1 aliphatic carbocycles. The van der Waals surface area contributed by atoms with Gasteiger partial charge in [-0.25, -0.2) is 8.78 Å². The van der Waals surface area contributed by atoms with Gasteiger partial charge >= 0.3 is 0 Å². The Balaban J connectivity index is 1.50. The fourth-order valence-electron chi connectivity index (χ4n) is 5.87. The van der Waals surface area contributed by atoms with Crippen molar-refractivity contribution in [1.82, 2.24) is 4.90 Å². The summed E-state index contributed by atoms with van der Waals surface area (Å²) >= 11 is 12.9. The fraction of sp³-hybridized carbons (Fsp3) is 0.321. The Morgan fingerprint density at radius 3 is 2.35 bits per heavy atom. The topological polar surface area (TPSA) is 20.3 Å². The lowest BCUT2D eigenvalue weighted by atomic mass is 9.63. The number of halogens is 4. The van der Waals surface area contributed by atoms with E-state index in [9.17, 15) is 13.6 Å². The summed E-state index contributed by atoms with van der Waals surface area (Å²) in [5.41, 5.74) is 3.95. The number of amides is 1. The summed E-state index contributed by atoms with van der Waals surface area (Å²) in [6.07, 6.45) is 1.62. The molecule has 0 aromatic heterocycles. The highest BCUT2D eigenvalue weighted by Gasteiger charge is 2.50. The molecule has 1 saturated carbocycles. The lowest BCUT2D eigenvalue weighted by Gasteiger charge is -2.40. The zero-order valence-electron chi connectivity index (χ0n) is 18.8. The number of nitrogens with zero attached hydrogens (tertiary/aromatic N) is 1. The number of likely N-dealkylation sites (tertiary alicyclic amines) is 1. The molecule has 0 spiro atoms. The van der Waals surface area contributed by atoms with E-state index in [2.05, 4.69) is 12.1 Å². The van der Waals surface area contributed by atoms with E-state index in [1.165, 1.54) is 6.07 Å². The van der Waals surface area contributed by atoms with E-state index >= 15 is 0 Å². The number of hydrogen-bond acceptors (Lipinski definition) is 1. The van der Waals surface area contributed by atoms with Crippen molar-refractivity contribution in [2.45, 2.75) is 38.1 Å². The van der Waals surface area contributed by atoms with Crippen LogP contribution in [0, 0.1) is 30.4 Å². The molecule has 4 unspecified atom stereocenters. The predicted molar refractivity (Wildman–Crippen MR) is 131 cm³/mol. The maximum Gasteiger partial charge on any atom is 0.226 e. The Hall–Kier alpha value is -2.43. The first-order chi connectivity index (χ1) is 16.3. The summed E-state index contributed by atoms with van der Waals surface area (Å²) in [4.78, 5) is 15.2. The summed E-state index contributed by atoms with van der Waals surface area (Å²) in [7, 11) is 0. The van der Waals surface area contributed by atoms with Crippen LogP contribution in [0.25, 0.3) is 0 Å². The van der Waals surface area contributed by atoms with Crippen LogP contribution < -0.4 is 0 Å². The normalized spacial score (nSPS) is 24.4. The minimum absolute atomic E-state index is 0.0853. The monoisotopic (exact) mass is 499 g/mol. The first-order valence-corrected chi connectivity index (χ1v) is 12.3. The summed E-state index contributed by atoms with van der Waals surface area (Å²) in [5, 5.41) is 1.42. The van der Waals surface area contributed by atoms with Crippen LogP contribution in [0.15, 0.2) is 60.7 Å². The fourth-order valence-corrected chi connectivity index (χ4v) is 6.38. The van der Waals surface area contributed by atoms with Gasteiger partial charge in [-0.15, -0.1) is 0 Å². The van der Waals surface area contributed by atoms with Gasteiger partial charge in [0.2, 0.25) is 5.91 Å². The van der Waals surface area contributed by atoms with Crippen molar-refractivity contribution in [3.05, 3.63) is 105 Å². The van der Waals surface area contributed by atoms with Crippen molar-refractivity contribution in [2.24, 2.45) is 11.8 Å². The Morgan fingerprint density at radius 2 is 1.65 bits per heavy atom. The summed E-state index contributed by atoms with van der Waals surface area (Å²) in [6.45, 7) is 2.86. The van der Waals surface area contributed by atoms with Crippen molar-refractivity contribution in [3.63, 3.8) is 0 Å². The summed E-state index contributed by atoms with van der Waals surface area (Å²) < 4.78 is 27.1. The Bertz CT molecular complexity index is 1230. The Kier molecular flexibility index (Phi) is 6.39. The van der Waals surface area contributed by atoms with Gasteiger partial charge in [0, 0.05) is 29.1 Å². The Labute approximate surface area is 208 Å². The van der Waals surface area contributed by atoms with E-state index in [-0.39, 0.29) is 36.1 Å². The molecule has 1 aliphatic heterocycles. The van der Waals surface area contributed by atoms with E-state index in [4.69, 9.17) is 23.2 Å². The molecular formula is C28H25Cl2F2NO. The molecule has 2 fully saturated rings. The third-order valence-electron chi connectivity index (χ3n) is 7.43. The highest BCUT2D eigenvalue weighted by molar-refractivity contribution is 6.31. The third kappa shape index (κ3) is 4.34. The molecule has 0 N–H and O–H groups in total. The zero-order valence-corrected chi connectivity index (χ0v) is 20.3. The molecule has 3 aromatic carbocycles. The molecular weight excluding hydrogens is 475 g/mol. The number of fused-ring (bicyclic) bond motifs is 1. The number of benzene rings is 3. The average molecular weight is 500 g/mol. The summed E-state index contributed by atoms with van der Waals surface area (Å²) in [6, 6.07) is 17.9. The lowest BCUT2D eigenvalue weighted by molar-refractivity contribution is -0.132. The quantitative estimate of drug-likeness (QED) is 0.363. The number of aryl methyl sites for hydroxylation is 1. The number of carbonyl (C=O) groups is 1. The van der Waals surface area contributed by atoms with Gasteiger partial charge < -0.3 is 4.90 Å². The van der Waals surface area contributed by atoms with Crippen molar-refractivity contribution in [3.8, 4) is 0 Å². The minimum atomic E-state index is -0.894. The van der Waals surface area contributed by atoms with Crippen LogP contribution in [0.3, 0.4) is 0 Å². The predicted octanol–water partition coefficient (Wildman–Crippen LogP) is 7.52. The molecule has 3 aromatic rings. The zero-order chi connectivity index (χ0) is 24.0. The number of rotatable bonds is 4. The van der Waals surface area contributed by atoms with Crippen LogP contribution >= 0.6 is 23.2 Å². The van der Waals surface area contributed by atoms with Crippen molar-refractivity contribution >= 4 is 29.1 Å². The first-order valence-electron chi connectivity index (χ1n) is 11.6. The average Bonchev–Trinajstić information content (AvgIpc) is 3.12. The maximum atomic E-state index is 13.8. The molecule has 6 heteroatoms. The van der Waals surface area contributed by atoms with E-state index < -0.39 is 11.6 Å². The molecule has 0 bridgehead atoms. The van der Waals surface area contributed by atoms with Gasteiger partial charge in [-0.1, -0.05) is 53.5 Å². The van der Waals surface area contributed by atoms with Gasteiger partial charge in [-0.3, -0.25) is 4.79 Å². The molecule has 2 nitrogen and oxygen atoms in total. The molecule has 2 aliphatic rings. The van der Waals surface area contributed by atoms with E-state index in [1.807, 2.05) is 37.3 Å². The molecule has 5 rings (SSSR count). The Morgan fingerprint density at radius 1 is 0.912 bits per heavy atom. The highest BCUT2D eigenvalue weighted by Crippen LogP contribution is 2.54. The van der Waals surface area contributed by atoms with Crippen LogP contribution in [-0.2, 0) is 11.3 Å². The van der Waals surface area contributed by atoms with Crippen molar-refractivity contribution in [1.29, 1.82) is 0 Å². The second-order valence-electron chi connectivity index (χ2n) is 9.52. The third-order valence-corrected chi connectivity index (χ3v) is 8.01. The molecule has 1 heterocycles. The standard InChI is InChI=1S/C28H25Cl2F2NO/c1-16-2-8-20(24(30)12-16)21-9-10-22-23(27(21)18-4-6-19(29)7-5-18)15-33(28(22)34)14-17-3-11-25(31)26(32)13-17/h2-8,11-13,21-23,27H,9-10,14-15H2,1H3. The van der Waals surface area contributed by atoms with Crippen molar-refractivity contribution in [2.75, 3.05) is 6.54 Å². The van der Waals surface area contributed by atoms with Gasteiger partial charge in [0.1, 0.15) is 0 Å². The van der Waals surface area contributed by atoms with Gasteiger partial charge in [0.25, 0.3) is 0 Å². The molecule has 34 heavy (non-hydrogen) atoms. The van der Waals surface area contributed by atoms with Crippen LogP contribution in [-0.4, -0.2) is 17.4 Å². The van der Waals surface area contributed by atoms with Gasteiger partial charge in [0.05, 0.1) is 0 Å². The number of carbonyl (C=O) groups excluding carboxylic acids is 1. The van der Waals surface area contributed by atoms with Gasteiger partial charge in [-0.05, 0) is 90.1 Å². The van der Waals surface area contributed by atoms with Crippen LogP contribution in [0.4, 0.5) is 8.78 Å². The SMILES string of the molecule is Cc1ccc(C2CCC3C(=O)N(Cc4ccc(F)c(F)c4)CC3C2c2ccc(Cl)cc2)c(Cl)c1. The second-order valence-corrected chi connectivity index (χ2v) is 10.4.